The molecule has 1 aliphatic rings. The molecule has 2 N–H and O–H groups in total. The maximum Gasteiger partial charge on any atom is 0.405 e. The monoisotopic (exact) mass is 519 g/mol. The van der Waals surface area contributed by atoms with E-state index in [-0.39, 0.29) is 15.7 Å². The number of carbonyl (C=O) groups is 1. The number of nitrogens with zero attached hydrogens (tertiary/aromatic N) is 3. The molecule has 0 spiro atoms. The summed E-state index contributed by atoms with van der Waals surface area (Å²) in [6.07, 6.45) is 0.826. The van der Waals surface area contributed by atoms with Crippen LogP contribution >= 0.6 is 11.3 Å². The zero-order valence-electron chi connectivity index (χ0n) is 19.4. The Labute approximate surface area is 207 Å². The van der Waals surface area contributed by atoms with Crippen LogP contribution in [0, 0.1) is 11.3 Å². The summed E-state index contributed by atoms with van der Waals surface area (Å²) in [6, 6.07) is 9.88. The molecule has 2 aromatic heterocycles. The van der Waals surface area contributed by atoms with Gasteiger partial charge in [-0.1, -0.05) is 0 Å². The normalized spacial score (nSPS) is 16.1. The van der Waals surface area contributed by atoms with Crippen LogP contribution < -0.4 is 25.4 Å². The third kappa shape index (κ3) is 5.47. The summed E-state index contributed by atoms with van der Waals surface area (Å²) in [6.45, 7) is 1.70. The summed E-state index contributed by atoms with van der Waals surface area (Å²) in [5.74, 6) is -1.18. The Morgan fingerprint density at radius 2 is 2.06 bits per heavy atom. The van der Waals surface area contributed by atoms with Gasteiger partial charge >= 0.3 is 6.18 Å². The maximum atomic E-state index is 12.8. The summed E-state index contributed by atoms with van der Waals surface area (Å²) in [4.78, 5) is 25.1. The van der Waals surface area contributed by atoms with Gasteiger partial charge in [0.1, 0.15) is 21.8 Å². The minimum Gasteiger partial charge on any atom is -0.381 e. The molecule has 1 amide bonds. The van der Waals surface area contributed by atoms with E-state index < -0.39 is 29.8 Å². The van der Waals surface area contributed by atoms with E-state index in [1.165, 1.54) is 10.8 Å². The largest absolute Gasteiger partial charge is 0.405 e. The van der Waals surface area contributed by atoms with Crippen molar-refractivity contribution in [3.63, 3.8) is 0 Å². The number of aromatic nitrogens is 2. The average Bonchev–Trinajstić information content (AvgIpc) is 3.42. The molecule has 1 aromatic carbocycles. The van der Waals surface area contributed by atoms with Crippen molar-refractivity contribution in [2.45, 2.75) is 38.5 Å². The van der Waals surface area contributed by atoms with Crippen LogP contribution in [0.4, 0.5) is 18.9 Å². The van der Waals surface area contributed by atoms with Gasteiger partial charge in [-0.25, -0.2) is 0 Å². The highest BCUT2D eigenvalue weighted by atomic mass is 32.1. The molecule has 8 nitrogen and oxygen atoms in total. The highest BCUT2D eigenvalue weighted by molar-refractivity contribution is 7.07. The molecule has 0 bridgehead atoms. The highest BCUT2D eigenvalue weighted by Gasteiger charge is 2.29. The lowest BCUT2D eigenvalue weighted by molar-refractivity contribution is -0.135. The molecular weight excluding hydrogens is 495 g/mol. The molecule has 36 heavy (non-hydrogen) atoms. The number of alkyl halides is 3. The lowest BCUT2D eigenvalue weighted by atomic mass is 10.1. The van der Waals surface area contributed by atoms with Crippen molar-refractivity contribution in [2.75, 3.05) is 25.1 Å². The smallest absolute Gasteiger partial charge is 0.381 e. The van der Waals surface area contributed by atoms with Crippen LogP contribution in [0.5, 0.6) is 0 Å². The van der Waals surface area contributed by atoms with Gasteiger partial charge in [-0.05, 0) is 44.0 Å². The first-order valence-corrected chi connectivity index (χ1v) is 12.2. The van der Waals surface area contributed by atoms with Crippen molar-refractivity contribution >= 4 is 45.6 Å². The number of thiazole rings is 1. The second-order valence-corrected chi connectivity index (χ2v) is 9.27. The number of nitriles is 1. The SMILES string of the molecule is CCn1c(=O)/c(=C/Nc2ccc3c(ccn3C3CCOCC3)c2)s/c1=C(\C#N)C(=O)NCC(F)(F)F. The number of nitrogens with one attached hydrogen (secondary N) is 2. The molecule has 0 unspecified atom stereocenters. The van der Waals surface area contributed by atoms with Crippen LogP contribution in [0.15, 0.2) is 35.3 Å². The van der Waals surface area contributed by atoms with E-state index in [1.807, 2.05) is 24.3 Å². The lowest BCUT2D eigenvalue weighted by Gasteiger charge is -2.24. The van der Waals surface area contributed by atoms with Gasteiger partial charge in [-0.3, -0.25) is 14.2 Å². The minimum atomic E-state index is -4.62. The van der Waals surface area contributed by atoms with E-state index in [1.54, 1.807) is 18.3 Å². The fraction of sp³-hybridized carbons (Fsp3) is 0.375. The Morgan fingerprint density at radius 1 is 1.31 bits per heavy atom. The number of ether oxygens (including phenoxy) is 1. The van der Waals surface area contributed by atoms with Gasteiger partial charge in [0.25, 0.3) is 11.5 Å². The number of hydrogen-bond donors (Lipinski definition) is 2. The molecule has 12 heteroatoms. The number of benzene rings is 1. The first-order valence-electron chi connectivity index (χ1n) is 11.4. The van der Waals surface area contributed by atoms with Crippen molar-refractivity contribution in [1.29, 1.82) is 5.26 Å². The van der Waals surface area contributed by atoms with Crippen LogP contribution in [0.1, 0.15) is 25.8 Å². The molecule has 0 aliphatic carbocycles. The first kappa shape index (κ1) is 25.5. The van der Waals surface area contributed by atoms with Gasteiger partial charge in [0.2, 0.25) is 0 Å². The number of hydrogen-bond acceptors (Lipinski definition) is 6. The number of fused-ring (bicyclic) bond motifs is 1. The van der Waals surface area contributed by atoms with Crippen molar-refractivity contribution in [3.05, 3.63) is 50.0 Å². The fourth-order valence-corrected chi connectivity index (χ4v) is 5.23. The molecule has 1 fully saturated rings. The molecule has 0 saturated carbocycles. The van der Waals surface area contributed by atoms with Gasteiger partial charge in [-0.15, -0.1) is 11.3 Å². The van der Waals surface area contributed by atoms with E-state index in [4.69, 9.17) is 4.74 Å². The molecule has 0 atom stereocenters. The molecule has 1 aliphatic heterocycles. The van der Waals surface area contributed by atoms with Gasteiger partial charge in [0, 0.05) is 54.8 Å². The van der Waals surface area contributed by atoms with Crippen molar-refractivity contribution in [1.82, 2.24) is 14.5 Å². The average molecular weight is 520 g/mol. The van der Waals surface area contributed by atoms with Gasteiger partial charge < -0.3 is 19.9 Å². The van der Waals surface area contributed by atoms with E-state index in [0.29, 0.717) is 6.04 Å². The predicted molar refractivity (Wildman–Crippen MR) is 131 cm³/mol. The summed E-state index contributed by atoms with van der Waals surface area (Å²) in [5.41, 5.74) is 0.834. The molecular formula is C24H24F3N5O3S. The number of halogens is 3. The number of carbonyl (C=O) groups excluding carboxylic acids is 1. The Morgan fingerprint density at radius 3 is 2.72 bits per heavy atom. The highest BCUT2D eigenvalue weighted by Crippen LogP contribution is 2.28. The Balaban J connectivity index is 1.63. The van der Waals surface area contributed by atoms with Gasteiger partial charge in [0.15, 0.2) is 5.57 Å². The quantitative estimate of drug-likeness (QED) is 0.521. The topological polar surface area (TPSA) is 101 Å². The van der Waals surface area contributed by atoms with Crippen LogP contribution in [-0.4, -0.2) is 41.0 Å². The Kier molecular flexibility index (Phi) is 7.51. The van der Waals surface area contributed by atoms with E-state index in [0.717, 1.165) is 54.0 Å². The summed E-state index contributed by atoms with van der Waals surface area (Å²) >= 11 is 0.866. The fourth-order valence-electron chi connectivity index (χ4n) is 4.14. The maximum absolute atomic E-state index is 12.8. The zero-order chi connectivity index (χ0) is 25.9. The molecule has 3 heterocycles. The molecule has 0 radical (unpaired) electrons. The third-order valence-corrected chi connectivity index (χ3v) is 7.03. The third-order valence-electron chi connectivity index (χ3n) is 5.90. The predicted octanol–water partition coefficient (Wildman–Crippen LogP) is 2.44. The Hall–Kier alpha value is -3.56. The second kappa shape index (κ2) is 10.6. The summed E-state index contributed by atoms with van der Waals surface area (Å²) in [5, 5.41) is 15.2. The standard InChI is InChI=1S/C24H24F3N5O3S/c1-2-31-22(34)20(36-23(31)18(12-28)21(33)30-14-24(25,26)27)13-29-16-3-4-19-15(11-16)5-8-32(19)17-6-9-35-10-7-17/h3-5,8,11,13,17,29H,2,6-7,9-10,14H2,1H3,(H,30,33)/b20-13-,23-18+. The van der Waals surface area contributed by atoms with Gasteiger partial charge in [-0.2, -0.15) is 18.4 Å². The molecule has 4 rings (SSSR count). The molecule has 1 saturated heterocycles. The van der Waals surface area contributed by atoms with Crippen molar-refractivity contribution in [2.24, 2.45) is 0 Å². The molecule has 190 valence electrons. The number of amides is 1. The van der Waals surface area contributed by atoms with Crippen LogP contribution in [0.25, 0.3) is 22.7 Å². The van der Waals surface area contributed by atoms with E-state index in [9.17, 15) is 28.0 Å². The van der Waals surface area contributed by atoms with Gasteiger partial charge in [0.05, 0.1) is 0 Å². The second-order valence-electron chi connectivity index (χ2n) is 8.23. The Bertz CT molecular complexity index is 1490. The zero-order valence-corrected chi connectivity index (χ0v) is 20.2. The first-order chi connectivity index (χ1) is 17.2. The van der Waals surface area contributed by atoms with Crippen LogP contribution in [-0.2, 0) is 16.1 Å². The van der Waals surface area contributed by atoms with Crippen molar-refractivity contribution in [3.8, 4) is 6.07 Å². The lowest BCUT2D eigenvalue weighted by Crippen LogP contribution is -2.37. The summed E-state index contributed by atoms with van der Waals surface area (Å²) in [7, 11) is 0. The minimum absolute atomic E-state index is 0.00159. The molecule has 3 aromatic rings. The summed E-state index contributed by atoms with van der Waals surface area (Å²) < 4.78 is 46.5. The van der Waals surface area contributed by atoms with Crippen LogP contribution in [0.3, 0.4) is 0 Å². The van der Waals surface area contributed by atoms with E-state index in [2.05, 4.69) is 16.1 Å². The number of anilines is 1. The van der Waals surface area contributed by atoms with Crippen molar-refractivity contribution < 1.29 is 22.7 Å². The van der Waals surface area contributed by atoms with Crippen LogP contribution in [0.2, 0.25) is 0 Å². The van der Waals surface area contributed by atoms with E-state index >= 15 is 0 Å². The number of rotatable bonds is 6.